The largest absolute Gasteiger partial charge is 0.352 e. The van der Waals surface area contributed by atoms with E-state index >= 15 is 0 Å². The van der Waals surface area contributed by atoms with Crippen LogP contribution in [0.2, 0.25) is 0 Å². The Morgan fingerprint density at radius 2 is 2.17 bits per heavy atom. The average molecular weight is 239 g/mol. The number of aromatic nitrogens is 2. The second-order valence-corrected chi connectivity index (χ2v) is 3.79. The predicted molar refractivity (Wildman–Crippen MR) is 69.9 cm³/mol. The molecule has 0 saturated carbocycles. The van der Waals surface area contributed by atoms with Crippen LogP contribution in [0.25, 0.3) is 11.0 Å². The monoisotopic (exact) mass is 239 g/mol. The van der Waals surface area contributed by atoms with E-state index in [9.17, 15) is 4.79 Å². The molecule has 0 aliphatic carbocycles. The number of carbonyl (C=O) groups excluding carboxylic acids is 1. The molecule has 1 amide bonds. The van der Waals surface area contributed by atoms with Gasteiger partial charge in [0.1, 0.15) is 5.52 Å². The number of hydrogen-bond acceptors (Lipinski definition) is 3. The number of rotatable bonds is 4. The molecule has 0 fully saturated rings. The zero-order valence-corrected chi connectivity index (χ0v) is 9.89. The van der Waals surface area contributed by atoms with Crippen LogP contribution < -0.4 is 5.32 Å². The lowest BCUT2D eigenvalue weighted by molar-refractivity contribution is 0.0955. The first-order chi connectivity index (χ1) is 8.83. The van der Waals surface area contributed by atoms with E-state index in [1.54, 1.807) is 24.5 Å². The van der Waals surface area contributed by atoms with Gasteiger partial charge in [-0.05, 0) is 18.6 Å². The van der Waals surface area contributed by atoms with Crippen molar-refractivity contribution in [3.63, 3.8) is 0 Å². The average Bonchev–Trinajstić information content (AvgIpc) is 2.43. The maximum Gasteiger partial charge on any atom is 0.253 e. The Labute approximate surface area is 105 Å². The highest BCUT2D eigenvalue weighted by atomic mass is 16.1. The number of hydrogen-bond donors (Lipinski definition) is 1. The van der Waals surface area contributed by atoms with Gasteiger partial charge in [-0.1, -0.05) is 6.07 Å². The molecule has 0 saturated heterocycles. The summed E-state index contributed by atoms with van der Waals surface area (Å²) in [6.07, 6.45) is 9.78. The minimum Gasteiger partial charge on any atom is -0.352 e. The van der Waals surface area contributed by atoms with Gasteiger partial charge in [0, 0.05) is 25.4 Å². The molecule has 1 aromatic heterocycles. The van der Waals surface area contributed by atoms with Crippen LogP contribution in [0.4, 0.5) is 0 Å². The van der Waals surface area contributed by atoms with Crippen molar-refractivity contribution < 1.29 is 4.79 Å². The van der Waals surface area contributed by atoms with Crippen molar-refractivity contribution >= 4 is 16.9 Å². The van der Waals surface area contributed by atoms with Crippen molar-refractivity contribution in [3.8, 4) is 12.3 Å². The fourth-order valence-electron chi connectivity index (χ4n) is 1.66. The van der Waals surface area contributed by atoms with E-state index in [2.05, 4.69) is 21.2 Å². The SMILES string of the molecule is C#CCCCNC(=O)c1cccc2nccnc12. The number of para-hydroxylation sites is 1. The van der Waals surface area contributed by atoms with E-state index in [1.807, 2.05) is 6.07 Å². The molecule has 2 aromatic rings. The number of nitrogens with zero attached hydrogens (tertiary/aromatic N) is 2. The van der Waals surface area contributed by atoms with Crippen molar-refractivity contribution in [3.05, 3.63) is 36.2 Å². The van der Waals surface area contributed by atoms with E-state index in [4.69, 9.17) is 6.42 Å². The Morgan fingerprint density at radius 1 is 1.33 bits per heavy atom. The molecule has 18 heavy (non-hydrogen) atoms. The fourth-order valence-corrected chi connectivity index (χ4v) is 1.66. The minimum absolute atomic E-state index is 0.141. The van der Waals surface area contributed by atoms with E-state index in [0.29, 0.717) is 29.6 Å². The number of nitrogens with one attached hydrogen (secondary N) is 1. The van der Waals surface area contributed by atoms with Gasteiger partial charge in [-0.3, -0.25) is 14.8 Å². The molecule has 2 rings (SSSR count). The van der Waals surface area contributed by atoms with Gasteiger partial charge in [-0.25, -0.2) is 0 Å². The van der Waals surface area contributed by atoms with Crippen LogP contribution >= 0.6 is 0 Å². The van der Waals surface area contributed by atoms with Crippen LogP contribution in [0.5, 0.6) is 0 Å². The number of amides is 1. The first-order valence-electron chi connectivity index (χ1n) is 5.74. The summed E-state index contributed by atoms with van der Waals surface area (Å²) in [5.41, 5.74) is 1.88. The number of fused-ring (bicyclic) bond motifs is 1. The van der Waals surface area contributed by atoms with Crippen molar-refractivity contribution in [1.82, 2.24) is 15.3 Å². The third kappa shape index (κ3) is 2.64. The first kappa shape index (κ1) is 12.1. The lowest BCUT2D eigenvalue weighted by Gasteiger charge is -2.06. The van der Waals surface area contributed by atoms with Crippen LogP contribution in [0.3, 0.4) is 0 Å². The van der Waals surface area contributed by atoms with Gasteiger partial charge in [0.15, 0.2) is 0 Å². The minimum atomic E-state index is -0.141. The molecule has 0 unspecified atom stereocenters. The standard InChI is InChI=1S/C14H13N3O/c1-2-3-4-8-17-14(18)11-6-5-7-12-13(11)16-10-9-15-12/h1,5-7,9-10H,3-4,8H2,(H,17,18). The summed E-state index contributed by atoms with van der Waals surface area (Å²) in [6.45, 7) is 0.569. The molecule has 0 aliphatic heterocycles. The van der Waals surface area contributed by atoms with E-state index in [1.165, 1.54) is 0 Å². The molecule has 0 spiro atoms. The highest BCUT2D eigenvalue weighted by molar-refractivity contribution is 6.04. The molecular weight excluding hydrogens is 226 g/mol. The van der Waals surface area contributed by atoms with Crippen LogP contribution in [0, 0.1) is 12.3 Å². The molecule has 0 bridgehead atoms. The van der Waals surface area contributed by atoms with Crippen LogP contribution in [-0.2, 0) is 0 Å². The summed E-state index contributed by atoms with van der Waals surface area (Å²) < 4.78 is 0. The van der Waals surface area contributed by atoms with Gasteiger partial charge in [0.25, 0.3) is 5.91 Å². The molecule has 1 N–H and O–H groups in total. The molecule has 0 atom stereocenters. The summed E-state index contributed by atoms with van der Waals surface area (Å²) in [5, 5.41) is 2.82. The maximum absolute atomic E-state index is 12.0. The lowest BCUT2D eigenvalue weighted by atomic mass is 10.1. The number of carbonyl (C=O) groups is 1. The third-order valence-electron chi connectivity index (χ3n) is 2.53. The van der Waals surface area contributed by atoms with E-state index in [-0.39, 0.29) is 5.91 Å². The molecule has 0 aliphatic rings. The summed E-state index contributed by atoms with van der Waals surface area (Å²) >= 11 is 0. The van der Waals surface area contributed by atoms with Crippen LogP contribution in [0.1, 0.15) is 23.2 Å². The van der Waals surface area contributed by atoms with Gasteiger partial charge in [-0.15, -0.1) is 12.3 Å². The number of unbranched alkanes of at least 4 members (excludes halogenated alkanes) is 1. The lowest BCUT2D eigenvalue weighted by Crippen LogP contribution is -2.24. The van der Waals surface area contributed by atoms with E-state index in [0.717, 1.165) is 6.42 Å². The van der Waals surface area contributed by atoms with Gasteiger partial charge in [0.05, 0.1) is 11.1 Å². The first-order valence-corrected chi connectivity index (χ1v) is 5.74. The van der Waals surface area contributed by atoms with Crippen molar-refractivity contribution in [2.45, 2.75) is 12.8 Å². The quantitative estimate of drug-likeness (QED) is 0.653. The predicted octanol–water partition coefficient (Wildman–Crippen LogP) is 1.77. The highest BCUT2D eigenvalue weighted by Gasteiger charge is 2.10. The summed E-state index contributed by atoms with van der Waals surface area (Å²) in [4.78, 5) is 20.3. The zero-order chi connectivity index (χ0) is 12.8. The fraction of sp³-hybridized carbons (Fsp3) is 0.214. The summed E-state index contributed by atoms with van der Waals surface area (Å²) in [6, 6.07) is 5.37. The molecule has 90 valence electrons. The Morgan fingerprint density at radius 3 is 3.00 bits per heavy atom. The Hall–Kier alpha value is -2.41. The topological polar surface area (TPSA) is 54.9 Å². The summed E-state index contributed by atoms with van der Waals surface area (Å²) in [7, 11) is 0. The molecule has 1 aromatic carbocycles. The molecular formula is C14H13N3O. The van der Waals surface area contributed by atoms with Gasteiger partial charge < -0.3 is 5.32 Å². The van der Waals surface area contributed by atoms with Gasteiger partial charge in [0.2, 0.25) is 0 Å². The van der Waals surface area contributed by atoms with Crippen molar-refractivity contribution in [2.24, 2.45) is 0 Å². The van der Waals surface area contributed by atoms with Crippen molar-refractivity contribution in [2.75, 3.05) is 6.54 Å². The van der Waals surface area contributed by atoms with Crippen LogP contribution in [0.15, 0.2) is 30.6 Å². The maximum atomic E-state index is 12.0. The highest BCUT2D eigenvalue weighted by Crippen LogP contribution is 2.13. The molecule has 4 nitrogen and oxygen atoms in total. The number of terminal acetylenes is 1. The second kappa shape index (κ2) is 5.78. The zero-order valence-electron chi connectivity index (χ0n) is 9.89. The normalized spacial score (nSPS) is 9.94. The van der Waals surface area contributed by atoms with Gasteiger partial charge >= 0.3 is 0 Å². The molecule has 1 heterocycles. The van der Waals surface area contributed by atoms with Crippen molar-refractivity contribution in [1.29, 1.82) is 0 Å². The molecule has 0 radical (unpaired) electrons. The van der Waals surface area contributed by atoms with E-state index < -0.39 is 0 Å². The Bertz CT molecular complexity index is 596. The Balaban J connectivity index is 2.15. The second-order valence-electron chi connectivity index (χ2n) is 3.79. The smallest absolute Gasteiger partial charge is 0.253 e. The number of benzene rings is 1. The summed E-state index contributed by atoms with van der Waals surface area (Å²) in [5.74, 6) is 2.40. The molecule has 4 heteroatoms. The van der Waals surface area contributed by atoms with Crippen LogP contribution in [-0.4, -0.2) is 22.4 Å². The van der Waals surface area contributed by atoms with Gasteiger partial charge in [-0.2, -0.15) is 0 Å². The third-order valence-corrected chi connectivity index (χ3v) is 2.53. The Kier molecular flexibility index (Phi) is 3.87.